The van der Waals surface area contributed by atoms with Crippen LogP contribution in [0.1, 0.15) is 41.0 Å². The highest BCUT2D eigenvalue weighted by Crippen LogP contribution is 2.47. The minimum atomic E-state index is -3.00. The molecule has 3 aromatic carbocycles. The first kappa shape index (κ1) is 25.1. The number of fused-ring (bicyclic) bond motifs is 3. The van der Waals surface area contributed by atoms with Crippen LogP contribution in [-0.2, 0) is 27.8 Å². The van der Waals surface area contributed by atoms with E-state index in [0.29, 0.717) is 38.4 Å². The third-order valence-corrected chi connectivity index (χ3v) is 7.87. The van der Waals surface area contributed by atoms with Gasteiger partial charge in [0.15, 0.2) is 0 Å². The smallest absolute Gasteiger partial charge is 0.307 e. The van der Waals surface area contributed by atoms with Crippen LogP contribution in [0.15, 0.2) is 54.6 Å². The lowest BCUT2D eigenvalue weighted by molar-refractivity contribution is -0.138. The van der Waals surface area contributed by atoms with Gasteiger partial charge in [-0.15, -0.1) is 0 Å². The first-order valence-corrected chi connectivity index (χ1v) is 14.4. The molecule has 2 aliphatic rings. The summed E-state index contributed by atoms with van der Waals surface area (Å²) in [7, 11) is -3.00. The summed E-state index contributed by atoms with van der Waals surface area (Å²) in [5.74, 6) is 1.48. The highest BCUT2D eigenvalue weighted by molar-refractivity contribution is 7.90. The van der Waals surface area contributed by atoms with Crippen LogP contribution in [0.4, 0.5) is 0 Å². The molecule has 0 unspecified atom stereocenters. The van der Waals surface area contributed by atoms with Crippen LogP contribution in [0.25, 0.3) is 11.1 Å². The van der Waals surface area contributed by atoms with Gasteiger partial charge in [-0.3, -0.25) is 4.79 Å². The van der Waals surface area contributed by atoms with Gasteiger partial charge < -0.3 is 19.3 Å². The fraction of sp³-hybridized carbons (Fsp3) is 0.345. The number of rotatable bonds is 10. The molecule has 8 heteroatoms. The molecular formula is C29H30O7S. The molecule has 7 nitrogen and oxygen atoms in total. The van der Waals surface area contributed by atoms with Crippen LogP contribution in [0.5, 0.6) is 17.2 Å². The van der Waals surface area contributed by atoms with E-state index in [1.165, 1.54) is 6.26 Å². The van der Waals surface area contributed by atoms with Gasteiger partial charge in [0.1, 0.15) is 40.3 Å². The molecule has 0 saturated heterocycles. The van der Waals surface area contributed by atoms with Crippen molar-refractivity contribution in [3.05, 3.63) is 76.9 Å². The van der Waals surface area contributed by atoms with Gasteiger partial charge in [-0.25, -0.2) is 8.42 Å². The molecule has 0 amide bonds. The zero-order chi connectivity index (χ0) is 26.2. The number of aliphatic carboxylic acids is 1. The van der Waals surface area contributed by atoms with E-state index in [2.05, 4.69) is 6.07 Å². The summed E-state index contributed by atoms with van der Waals surface area (Å²) in [6, 6.07) is 17.7. The lowest BCUT2D eigenvalue weighted by Gasteiger charge is -2.24. The Morgan fingerprint density at radius 2 is 1.84 bits per heavy atom. The van der Waals surface area contributed by atoms with Crippen LogP contribution in [0.2, 0.25) is 0 Å². The summed E-state index contributed by atoms with van der Waals surface area (Å²) in [5, 5.41) is 9.14. The molecule has 5 rings (SSSR count). The number of carbonyl (C=O) groups is 1. The molecule has 3 aromatic rings. The van der Waals surface area contributed by atoms with Gasteiger partial charge in [-0.1, -0.05) is 18.2 Å². The van der Waals surface area contributed by atoms with Crippen molar-refractivity contribution in [2.75, 3.05) is 18.6 Å². The Bertz CT molecular complexity index is 1430. The van der Waals surface area contributed by atoms with Crippen LogP contribution in [0, 0.1) is 12.8 Å². The molecule has 0 radical (unpaired) electrons. The van der Waals surface area contributed by atoms with E-state index >= 15 is 0 Å². The molecule has 0 aromatic heterocycles. The molecule has 0 spiro atoms. The van der Waals surface area contributed by atoms with Crippen LogP contribution >= 0.6 is 0 Å². The number of carboxylic acids is 1. The molecule has 0 bridgehead atoms. The van der Waals surface area contributed by atoms with Crippen molar-refractivity contribution >= 4 is 15.8 Å². The van der Waals surface area contributed by atoms with Crippen LogP contribution in [0.3, 0.4) is 0 Å². The van der Waals surface area contributed by atoms with Gasteiger partial charge in [0.2, 0.25) is 0 Å². The SMILES string of the molecule is Cc1cc(OCCCS(C)(=O)=O)cc2c1-c1cc(COc3ccc([C@H]4C[C@@H]4C(=O)O)cc3)ccc1OC2. The quantitative estimate of drug-likeness (QED) is 0.368. The van der Waals surface area contributed by atoms with E-state index in [9.17, 15) is 13.2 Å². The number of hydrogen-bond acceptors (Lipinski definition) is 6. The van der Waals surface area contributed by atoms with E-state index < -0.39 is 15.8 Å². The molecule has 37 heavy (non-hydrogen) atoms. The fourth-order valence-corrected chi connectivity index (χ4v) is 5.52. The Morgan fingerprint density at radius 1 is 1.05 bits per heavy atom. The van der Waals surface area contributed by atoms with Crippen molar-refractivity contribution in [3.8, 4) is 28.4 Å². The van der Waals surface area contributed by atoms with Crippen molar-refractivity contribution in [2.24, 2.45) is 5.92 Å². The Labute approximate surface area is 216 Å². The number of ether oxygens (including phenoxy) is 3. The van der Waals surface area contributed by atoms with Crippen LogP contribution in [-0.4, -0.2) is 38.1 Å². The third-order valence-electron chi connectivity index (χ3n) is 6.84. The van der Waals surface area contributed by atoms with Gasteiger partial charge in [0, 0.05) is 17.4 Å². The Balaban J connectivity index is 1.25. The van der Waals surface area contributed by atoms with Crippen molar-refractivity contribution < 1.29 is 32.5 Å². The monoisotopic (exact) mass is 522 g/mol. The van der Waals surface area contributed by atoms with Crippen molar-refractivity contribution in [1.29, 1.82) is 0 Å². The largest absolute Gasteiger partial charge is 0.494 e. The second-order valence-electron chi connectivity index (χ2n) is 9.87. The molecule has 1 heterocycles. The standard InChI is InChI=1S/C29H30O7S/c1-18-12-23(34-10-3-11-37(2,32)33)14-21-17-36-27-9-4-19(13-26(27)28(18)21)16-35-22-7-5-20(6-8-22)24-15-25(24)29(30)31/h4-9,12-14,24-25H,3,10-11,15-17H2,1-2H3,(H,30,31)/t24-,25+/m1/s1. The van der Waals surface area contributed by atoms with Gasteiger partial charge in [0.25, 0.3) is 0 Å². The maximum absolute atomic E-state index is 11.3. The van der Waals surface area contributed by atoms with E-state index in [0.717, 1.165) is 44.9 Å². The number of sulfone groups is 1. The lowest BCUT2D eigenvalue weighted by atomic mass is 9.91. The Morgan fingerprint density at radius 3 is 2.54 bits per heavy atom. The highest BCUT2D eigenvalue weighted by Gasteiger charge is 2.44. The topological polar surface area (TPSA) is 99.1 Å². The molecule has 1 aliphatic carbocycles. The predicted molar refractivity (Wildman–Crippen MR) is 140 cm³/mol. The Kier molecular flexibility index (Phi) is 6.86. The summed E-state index contributed by atoms with van der Waals surface area (Å²) in [6.45, 7) is 3.21. The summed E-state index contributed by atoms with van der Waals surface area (Å²) < 4.78 is 40.5. The highest BCUT2D eigenvalue weighted by atomic mass is 32.2. The number of benzene rings is 3. The average Bonchev–Trinajstić information content (AvgIpc) is 3.66. The van der Waals surface area contributed by atoms with Gasteiger partial charge >= 0.3 is 5.97 Å². The van der Waals surface area contributed by atoms with Gasteiger partial charge in [0.05, 0.1) is 18.3 Å². The molecular weight excluding hydrogens is 492 g/mol. The summed E-state index contributed by atoms with van der Waals surface area (Å²) in [5.41, 5.74) is 6.26. The minimum absolute atomic E-state index is 0.105. The summed E-state index contributed by atoms with van der Waals surface area (Å²) in [6.07, 6.45) is 2.38. The summed E-state index contributed by atoms with van der Waals surface area (Å²) in [4.78, 5) is 11.1. The zero-order valence-electron chi connectivity index (χ0n) is 20.9. The van der Waals surface area contributed by atoms with Gasteiger partial charge in [-0.05, 0) is 84.3 Å². The molecule has 1 N–H and O–H groups in total. The van der Waals surface area contributed by atoms with Gasteiger partial charge in [-0.2, -0.15) is 0 Å². The van der Waals surface area contributed by atoms with Crippen LogP contribution < -0.4 is 14.2 Å². The second-order valence-corrected chi connectivity index (χ2v) is 12.1. The first-order valence-electron chi connectivity index (χ1n) is 12.3. The Hall–Kier alpha value is -3.52. The summed E-state index contributed by atoms with van der Waals surface area (Å²) >= 11 is 0. The fourth-order valence-electron chi connectivity index (χ4n) is 4.88. The van der Waals surface area contributed by atoms with Crippen molar-refractivity contribution in [1.82, 2.24) is 0 Å². The maximum atomic E-state index is 11.3. The zero-order valence-corrected chi connectivity index (χ0v) is 21.7. The molecule has 1 saturated carbocycles. The number of hydrogen-bond donors (Lipinski definition) is 1. The van der Waals surface area contributed by atoms with E-state index in [1.54, 1.807) is 0 Å². The second kappa shape index (κ2) is 10.1. The van der Waals surface area contributed by atoms with E-state index in [4.69, 9.17) is 19.3 Å². The predicted octanol–water partition coefficient (Wildman–Crippen LogP) is 5.14. The van der Waals surface area contributed by atoms with Crippen molar-refractivity contribution in [3.63, 3.8) is 0 Å². The lowest BCUT2D eigenvalue weighted by Crippen LogP contribution is -2.10. The normalized spacial score (nSPS) is 17.8. The maximum Gasteiger partial charge on any atom is 0.307 e. The average molecular weight is 523 g/mol. The molecule has 1 fully saturated rings. The van der Waals surface area contributed by atoms with E-state index in [-0.39, 0.29) is 17.6 Å². The molecule has 1 aliphatic heterocycles. The van der Waals surface area contributed by atoms with E-state index in [1.807, 2.05) is 55.5 Å². The third kappa shape index (κ3) is 5.91. The first-order chi connectivity index (χ1) is 17.7. The number of carboxylic acid groups (broad SMARTS) is 1. The molecule has 2 atom stereocenters. The van der Waals surface area contributed by atoms with Crippen molar-refractivity contribution in [2.45, 2.75) is 38.9 Å². The minimum Gasteiger partial charge on any atom is -0.494 e. The molecule has 194 valence electrons. The number of aryl methyl sites for hydroxylation is 1.